The SMILES string of the molecule is CC(=O)N(C(=O)C(F)(F)F)[C@H]1[C@H]([C@H](O)[C@H](O)CO)O[C@](O)(COP(O)O)C[C@@H]1O. The van der Waals surface area contributed by atoms with Crippen molar-refractivity contribution in [3.63, 3.8) is 0 Å². The summed E-state index contributed by atoms with van der Waals surface area (Å²) in [6.07, 6.45) is -15.3. The van der Waals surface area contributed by atoms with Crippen molar-refractivity contribution in [2.75, 3.05) is 13.2 Å². The first-order valence-corrected chi connectivity index (χ1v) is 9.08. The zero-order valence-corrected chi connectivity index (χ0v) is 15.7. The van der Waals surface area contributed by atoms with Crippen LogP contribution in [0.4, 0.5) is 13.2 Å². The molecule has 7 N–H and O–H groups in total. The molecule has 0 saturated carbocycles. The molecule has 0 spiro atoms. The van der Waals surface area contributed by atoms with Crippen LogP contribution in [0, 0.1) is 0 Å². The van der Waals surface area contributed by atoms with Crippen molar-refractivity contribution < 1.29 is 67.3 Å². The Balaban J connectivity index is 3.37. The molecule has 2 amide bonds. The van der Waals surface area contributed by atoms with Crippen LogP contribution in [0.2, 0.25) is 0 Å². The number of hydrogen-bond donors (Lipinski definition) is 7. The van der Waals surface area contributed by atoms with Crippen molar-refractivity contribution in [1.82, 2.24) is 4.90 Å². The molecule has 0 bridgehead atoms. The average molecular weight is 455 g/mol. The molecule has 1 saturated heterocycles. The fourth-order valence-corrected chi connectivity index (χ4v) is 3.15. The number of carbonyl (C=O) groups is 2. The summed E-state index contributed by atoms with van der Waals surface area (Å²) in [5, 5.41) is 49.3. The lowest BCUT2D eigenvalue weighted by atomic mass is 9.87. The summed E-state index contributed by atoms with van der Waals surface area (Å²) in [7, 11) is -3.02. The first-order valence-electron chi connectivity index (χ1n) is 7.91. The molecule has 0 unspecified atom stereocenters. The van der Waals surface area contributed by atoms with Crippen LogP contribution in [0.15, 0.2) is 0 Å². The van der Waals surface area contributed by atoms with Crippen LogP contribution in [0.1, 0.15) is 13.3 Å². The van der Waals surface area contributed by atoms with Crippen LogP contribution in [0.3, 0.4) is 0 Å². The lowest BCUT2D eigenvalue weighted by molar-refractivity contribution is -0.318. The predicted octanol–water partition coefficient (Wildman–Crippen LogP) is -2.93. The molecule has 0 aliphatic carbocycles. The smallest absolute Gasteiger partial charge is 0.394 e. The Morgan fingerprint density at radius 2 is 1.90 bits per heavy atom. The number of alkyl halides is 3. The Hall–Kier alpha value is -1.00. The zero-order chi connectivity index (χ0) is 22.7. The molecular weight excluding hydrogens is 434 g/mol. The normalized spacial score (nSPS) is 30.1. The minimum absolute atomic E-state index is 0.436. The number of rotatable bonds is 7. The van der Waals surface area contributed by atoms with Crippen molar-refractivity contribution in [2.24, 2.45) is 0 Å². The van der Waals surface area contributed by atoms with E-state index in [1.165, 1.54) is 0 Å². The highest BCUT2D eigenvalue weighted by molar-refractivity contribution is 7.39. The molecule has 170 valence electrons. The van der Waals surface area contributed by atoms with Gasteiger partial charge in [-0.2, -0.15) is 13.2 Å². The summed E-state index contributed by atoms with van der Waals surface area (Å²) in [5.41, 5.74) is 0. The molecule has 0 radical (unpaired) electrons. The van der Waals surface area contributed by atoms with Gasteiger partial charge in [-0.1, -0.05) is 0 Å². The van der Waals surface area contributed by atoms with Gasteiger partial charge in [0, 0.05) is 13.3 Å². The maximum atomic E-state index is 12.9. The number of aliphatic hydroxyl groups is 5. The van der Waals surface area contributed by atoms with E-state index in [0.717, 1.165) is 0 Å². The Kier molecular flexibility index (Phi) is 8.86. The largest absolute Gasteiger partial charge is 0.471 e. The summed E-state index contributed by atoms with van der Waals surface area (Å²) in [6.45, 7) is -1.61. The highest BCUT2D eigenvalue weighted by Gasteiger charge is 2.57. The summed E-state index contributed by atoms with van der Waals surface area (Å²) >= 11 is 0. The van der Waals surface area contributed by atoms with Gasteiger partial charge in [-0.15, -0.1) is 0 Å². The van der Waals surface area contributed by atoms with Crippen molar-refractivity contribution in [3.8, 4) is 0 Å². The third-order valence-corrected chi connectivity index (χ3v) is 4.40. The second kappa shape index (κ2) is 9.87. The summed E-state index contributed by atoms with van der Waals surface area (Å²) < 4.78 is 48.1. The van der Waals surface area contributed by atoms with Crippen molar-refractivity contribution in [3.05, 3.63) is 0 Å². The maximum Gasteiger partial charge on any atom is 0.471 e. The van der Waals surface area contributed by atoms with Crippen LogP contribution in [-0.2, 0) is 18.8 Å². The number of halogens is 3. The predicted molar refractivity (Wildman–Crippen MR) is 84.2 cm³/mol. The molecule has 6 atom stereocenters. The Morgan fingerprint density at radius 3 is 2.31 bits per heavy atom. The van der Waals surface area contributed by atoms with Gasteiger partial charge in [0.2, 0.25) is 5.91 Å². The van der Waals surface area contributed by atoms with Crippen LogP contribution < -0.4 is 0 Å². The number of ether oxygens (including phenoxy) is 1. The Bertz CT molecular complexity index is 595. The molecule has 16 heteroatoms. The molecule has 1 fully saturated rings. The standard InChI is InChI=1S/C13H21F3NO11P/c1-5(19)17(11(23)13(14,15)16)8-6(20)2-12(24,4-27-29(25)26)28-10(8)9(22)7(21)3-18/h6-10,18,20-22,24-26H,2-4H2,1H3/t6-,7+,8+,9+,10+,12-/m0/s1. The number of amides is 2. The number of carbonyl (C=O) groups excluding carboxylic acids is 2. The van der Waals surface area contributed by atoms with Gasteiger partial charge in [0.15, 0.2) is 5.79 Å². The minimum Gasteiger partial charge on any atom is -0.394 e. The molecule has 0 aromatic carbocycles. The zero-order valence-electron chi connectivity index (χ0n) is 14.8. The lowest BCUT2D eigenvalue weighted by Gasteiger charge is -2.48. The molecule has 1 heterocycles. The fourth-order valence-electron chi connectivity index (χ4n) is 2.83. The van der Waals surface area contributed by atoms with Gasteiger partial charge in [0.05, 0.1) is 18.8 Å². The third-order valence-electron chi connectivity index (χ3n) is 4.04. The van der Waals surface area contributed by atoms with Gasteiger partial charge in [-0.3, -0.25) is 14.5 Å². The second-order valence-electron chi connectivity index (χ2n) is 6.25. The van der Waals surface area contributed by atoms with E-state index < -0.39 is 87.4 Å². The van der Waals surface area contributed by atoms with Crippen LogP contribution >= 0.6 is 8.60 Å². The molecule has 1 aliphatic rings. The van der Waals surface area contributed by atoms with Gasteiger partial charge >= 0.3 is 20.7 Å². The topological polar surface area (TPSA) is 197 Å². The van der Waals surface area contributed by atoms with E-state index in [1.54, 1.807) is 0 Å². The quantitative estimate of drug-likeness (QED) is 0.194. The van der Waals surface area contributed by atoms with Gasteiger partial charge in [-0.05, 0) is 0 Å². The molecule has 0 aromatic heterocycles. The van der Waals surface area contributed by atoms with E-state index in [9.17, 15) is 43.2 Å². The van der Waals surface area contributed by atoms with Crippen molar-refractivity contribution in [2.45, 2.75) is 55.8 Å². The monoisotopic (exact) mass is 455 g/mol. The first kappa shape index (κ1) is 26.0. The third kappa shape index (κ3) is 6.49. The van der Waals surface area contributed by atoms with E-state index in [0.29, 0.717) is 6.92 Å². The summed E-state index contributed by atoms with van der Waals surface area (Å²) in [4.78, 5) is 40.6. The summed E-state index contributed by atoms with van der Waals surface area (Å²) in [6, 6.07) is -2.23. The van der Waals surface area contributed by atoms with Gasteiger partial charge in [0.1, 0.15) is 24.9 Å². The fraction of sp³-hybridized carbons (Fsp3) is 0.846. The van der Waals surface area contributed by atoms with Crippen LogP contribution in [-0.4, -0.2) is 108 Å². The molecule has 1 aliphatic heterocycles. The van der Waals surface area contributed by atoms with E-state index >= 15 is 0 Å². The number of aliphatic hydroxyl groups excluding tert-OH is 4. The van der Waals surface area contributed by atoms with Crippen LogP contribution in [0.5, 0.6) is 0 Å². The molecule has 12 nitrogen and oxygen atoms in total. The van der Waals surface area contributed by atoms with Gasteiger partial charge < -0.3 is 44.6 Å². The maximum absolute atomic E-state index is 12.9. The Labute approximate surface area is 162 Å². The number of hydrogen-bond acceptors (Lipinski definition) is 11. The lowest BCUT2D eigenvalue weighted by Crippen LogP contribution is -2.69. The second-order valence-corrected chi connectivity index (χ2v) is 7.01. The Morgan fingerprint density at radius 1 is 1.34 bits per heavy atom. The van der Waals surface area contributed by atoms with Gasteiger partial charge in [0.25, 0.3) is 0 Å². The first-order chi connectivity index (χ1) is 13.1. The van der Waals surface area contributed by atoms with Gasteiger partial charge in [-0.25, -0.2) is 0 Å². The molecular formula is C13H21F3NO11P. The van der Waals surface area contributed by atoms with Crippen molar-refractivity contribution in [1.29, 1.82) is 0 Å². The highest BCUT2D eigenvalue weighted by Crippen LogP contribution is 2.37. The molecule has 1 rings (SSSR count). The molecule has 0 aromatic rings. The van der Waals surface area contributed by atoms with E-state index in [2.05, 4.69) is 4.52 Å². The van der Waals surface area contributed by atoms with Crippen molar-refractivity contribution >= 4 is 20.4 Å². The van der Waals surface area contributed by atoms with E-state index in [1.807, 2.05) is 0 Å². The number of imide groups is 1. The van der Waals surface area contributed by atoms with E-state index in [-0.39, 0.29) is 0 Å². The minimum atomic E-state index is -5.56. The van der Waals surface area contributed by atoms with Crippen LogP contribution in [0.25, 0.3) is 0 Å². The number of nitrogens with zero attached hydrogens (tertiary/aromatic N) is 1. The average Bonchev–Trinajstić information content (AvgIpc) is 2.59. The van der Waals surface area contributed by atoms with E-state index in [4.69, 9.17) is 19.6 Å². The highest BCUT2D eigenvalue weighted by atomic mass is 31.2. The molecule has 29 heavy (non-hydrogen) atoms. The summed E-state index contributed by atoms with van der Waals surface area (Å²) in [5.74, 6) is -6.82.